The van der Waals surface area contributed by atoms with Crippen LogP contribution in [0.15, 0.2) is 54.6 Å². The van der Waals surface area contributed by atoms with Gasteiger partial charge in [-0.05, 0) is 46.2 Å². The predicted octanol–water partition coefficient (Wildman–Crippen LogP) is 4.29. The Morgan fingerprint density at radius 1 is 1.00 bits per heavy atom. The van der Waals surface area contributed by atoms with Gasteiger partial charge in [-0.1, -0.05) is 36.4 Å². The summed E-state index contributed by atoms with van der Waals surface area (Å²) in [5, 5.41) is 4.25. The van der Waals surface area contributed by atoms with Crippen molar-refractivity contribution in [2.45, 2.75) is 19.1 Å². The van der Waals surface area contributed by atoms with Crippen molar-refractivity contribution in [3.63, 3.8) is 0 Å². The van der Waals surface area contributed by atoms with Gasteiger partial charge in [0.05, 0.1) is 12.2 Å². The van der Waals surface area contributed by atoms with Crippen LogP contribution in [0.3, 0.4) is 0 Å². The maximum atomic E-state index is 12.4. The fraction of sp³-hybridized carbons (Fsp3) is 0.211. The first kappa shape index (κ1) is 13.3. The van der Waals surface area contributed by atoms with Crippen LogP contribution < -0.4 is 0 Å². The molecule has 0 aliphatic carbocycles. The van der Waals surface area contributed by atoms with Crippen molar-refractivity contribution in [2.24, 2.45) is 0 Å². The Kier molecular flexibility index (Phi) is 3.28. The number of fused-ring (bicyclic) bond motifs is 2. The lowest BCUT2D eigenvalue weighted by molar-refractivity contribution is -0.0774. The molecule has 1 saturated heterocycles. The van der Waals surface area contributed by atoms with Crippen molar-refractivity contribution >= 4 is 27.5 Å². The lowest BCUT2D eigenvalue weighted by Crippen LogP contribution is -2.17. The first-order valence-corrected chi connectivity index (χ1v) is 7.55. The second-order valence-corrected chi connectivity index (χ2v) is 5.57. The molecule has 3 aromatic carbocycles. The lowest BCUT2D eigenvalue weighted by atomic mass is 10.00. The van der Waals surface area contributed by atoms with E-state index in [9.17, 15) is 4.79 Å². The third-order valence-electron chi connectivity index (χ3n) is 4.09. The van der Waals surface area contributed by atoms with E-state index in [1.807, 2.05) is 30.3 Å². The molecule has 0 aromatic heterocycles. The number of benzene rings is 3. The molecule has 1 heterocycles. The molecule has 1 atom stereocenters. The number of carbonyl (C=O) groups excluding carboxylic acids is 1. The van der Waals surface area contributed by atoms with E-state index in [4.69, 9.17) is 9.47 Å². The van der Waals surface area contributed by atoms with Crippen molar-refractivity contribution < 1.29 is 14.3 Å². The summed E-state index contributed by atoms with van der Waals surface area (Å²) in [6.45, 7) is 0.665. The van der Waals surface area contributed by atoms with Gasteiger partial charge in [-0.3, -0.25) is 0 Å². The molecule has 22 heavy (non-hydrogen) atoms. The van der Waals surface area contributed by atoms with E-state index >= 15 is 0 Å². The van der Waals surface area contributed by atoms with Crippen LogP contribution in [0.25, 0.3) is 21.5 Å². The molecule has 0 N–H and O–H groups in total. The first-order valence-electron chi connectivity index (χ1n) is 7.55. The minimum atomic E-state index is -0.400. The van der Waals surface area contributed by atoms with Gasteiger partial charge in [0.2, 0.25) is 6.29 Å². The van der Waals surface area contributed by atoms with Crippen molar-refractivity contribution in [1.82, 2.24) is 0 Å². The van der Waals surface area contributed by atoms with Gasteiger partial charge in [0.25, 0.3) is 0 Å². The van der Waals surface area contributed by atoms with Crippen molar-refractivity contribution in [3.05, 3.63) is 60.2 Å². The van der Waals surface area contributed by atoms with Gasteiger partial charge in [0, 0.05) is 6.42 Å². The van der Waals surface area contributed by atoms with Gasteiger partial charge in [-0.25, -0.2) is 4.79 Å². The minimum absolute atomic E-state index is 0.312. The third-order valence-corrected chi connectivity index (χ3v) is 4.09. The van der Waals surface area contributed by atoms with Crippen LogP contribution in [-0.4, -0.2) is 18.9 Å². The summed E-state index contributed by atoms with van der Waals surface area (Å²) in [6.07, 6.45) is 1.32. The Labute approximate surface area is 128 Å². The highest BCUT2D eigenvalue weighted by Gasteiger charge is 2.21. The zero-order valence-corrected chi connectivity index (χ0v) is 12.1. The van der Waals surface area contributed by atoms with E-state index < -0.39 is 6.29 Å². The number of hydrogen-bond donors (Lipinski definition) is 0. The molecule has 1 aliphatic heterocycles. The maximum Gasteiger partial charge on any atom is 0.341 e. The minimum Gasteiger partial charge on any atom is -0.432 e. The summed E-state index contributed by atoms with van der Waals surface area (Å²) in [5.41, 5.74) is 0.596. The van der Waals surface area contributed by atoms with Gasteiger partial charge in [-0.15, -0.1) is 0 Å². The SMILES string of the molecule is O=C(OC1CCCO1)c1cccc2cc3ccccc3cc12. The molecule has 3 heteroatoms. The van der Waals surface area contributed by atoms with Crippen molar-refractivity contribution in [3.8, 4) is 0 Å². The Bertz CT molecular complexity index is 848. The molecule has 3 nitrogen and oxygen atoms in total. The van der Waals surface area contributed by atoms with Crippen LogP contribution in [0.2, 0.25) is 0 Å². The average molecular weight is 292 g/mol. The van der Waals surface area contributed by atoms with Crippen LogP contribution in [0.5, 0.6) is 0 Å². The summed E-state index contributed by atoms with van der Waals surface area (Å²) in [7, 11) is 0. The van der Waals surface area contributed by atoms with Crippen LogP contribution in [-0.2, 0) is 9.47 Å². The zero-order valence-electron chi connectivity index (χ0n) is 12.1. The maximum absolute atomic E-state index is 12.4. The summed E-state index contributed by atoms with van der Waals surface area (Å²) < 4.78 is 10.8. The fourth-order valence-corrected chi connectivity index (χ4v) is 2.97. The van der Waals surface area contributed by atoms with E-state index in [0.29, 0.717) is 12.2 Å². The van der Waals surface area contributed by atoms with Crippen LogP contribution in [0.4, 0.5) is 0 Å². The lowest BCUT2D eigenvalue weighted by Gasteiger charge is -2.12. The predicted molar refractivity (Wildman–Crippen MR) is 85.8 cm³/mol. The molecule has 0 saturated carbocycles. The van der Waals surface area contributed by atoms with Crippen molar-refractivity contribution in [1.29, 1.82) is 0 Å². The molecule has 1 aliphatic rings. The highest BCUT2D eigenvalue weighted by Crippen LogP contribution is 2.26. The standard InChI is InChI=1S/C19H16O3/c20-19(22-18-9-4-10-21-18)16-8-3-7-15-11-13-5-1-2-6-14(13)12-17(15)16/h1-3,5-8,11-12,18H,4,9-10H2. The van der Waals surface area contributed by atoms with E-state index in [0.717, 1.165) is 29.0 Å². The topological polar surface area (TPSA) is 35.5 Å². The molecule has 4 rings (SSSR count). The molecule has 0 radical (unpaired) electrons. The zero-order chi connectivity index (χ0) is 14.9. The Balaban J connectivity index is 1.79. The molecule has 1 fully saturated rings. The highest BCUT2D eigenvalue weighted by atomic mass is 16.7. The summed E-state index contributed by atoms with van der Waals surface area (Å²) in [6, 6.07) is 18.0. The summed E-state index contributed by atoms with van der Waals surface area (Å²) in [5.74, 6) is -0.312. The summed E-state index contributed by atoms with van der Waals surface area (Å²) in [4.78, 5) is 12.4. The van der Waals surface area contributed by atoms with E-state index in [1.54, 1.807) is 0 Å². The quantitative estimate of drug-likeness (QED) is 0.522. The number of rotatable bonds is 2. The second-order valence-electron chi connectivity index (χ2n) is 5.57. The van der Waals surface area contributed by atoms with E-state index in [1.165, 1.54) is 5.39 Å². The van der Waals surface area contributed by atoms with Crippen LogP contribution >= 0.6 is 0 Å². The van der Waals surface area contributed by atoms with Crippen LogP contribution in [0, 0.1) is 0 Å². The van der Waals surface area contributed by atoms with E-state index in [-0.39, 0.29) is 5.97 Å². The fourth-order valence-electron chi connectivity index (χ4n) is 2.97. The first-order chi connectivity index (χ1) is 10.8. The summed E-state index contributed by atoms with van der Waals surface area (Å²) >= 11 is 0. The second kappa shape index (κ2) is 5.43. The molecular weight excluding hydrogens is 276 g/mol. The number of carbonyl (C=O) groups is 1. The van der Waals surface area contributed by atoms with Gasteiger partial charge < -0.3 is 9.47 Å². The highest BCUT2D eigenvalue weighted by molar-refractivity contribution is 6.08. The molecule has 0 bridgehead atoms. The Hall–Kier alpha value is -2.39. The largest absolute Gasteiger partial charge is 0.432 e. The molecule has 110 valence electrons. The molecular formula is C19H16O3. The number of ether oxygens (including phenoxy) is 2. The molecule has 3 aromatic rings. The van der Waals surface area contributed by atoms with Gasteiger partial charge in [0.1, 0.15) is 0 Å². The smallest absolute Gasteiger partial charge is 0.341 e. The van der Waals surface area contributed by atoms with E-state index in [2.05, 4.69) is 24.3 Å². The van der Waals surface area contributed by atoms with Gasteiger partial charge in [0.15, 0.2) is 0 Å². The molecule has 0 amide bonds. The normalized spacial score (nSPS) is 17.9. The number of hydrogen-bond acceptors (Lipinski definition) is 3. The Morgan fingerprint density at radius 2 is 1.77 bits per heavy atom. The number of esters is 1. The Morgan fingerprint density at radius 3 is 2.55 bits per heavy atom. The monoisotopic (exact) mass is 292 g/mol. The van der Waals surface area contributed by atoms with Crippen LogP contribution in [0.1, 0.15) is 23.2 Å². The average Bonchev–Trinajstić information content (AvgIpc) is 3.05. The molecule has 0 spiro atoms. The third kappa shape index (κ3) is 2.34. The van der Waals surface area contributed by atoms with Gasteiger partial charge >= 0.3 is 5.97 Å². The van der Waals surface area contributed by atoms with Gasteiger partial charge in [-0.2, -0.15) is 0 Å². The molecule has 1 unspecified atom stereocenters. The van der Waals surface area contributed by atoms with Crippen molar-refractivity contribution in [2.75, 3.05) is 6.61 Å².